The Hall–Kier alpha value is -3.90. The average Bonchev–Trinajstić information content (AvgIpc) is 3.39. The topological polar surface area (TPSA) is 75.3 Å². The number of nitrogens with one attached hydrogen (secondary N) is 1. The van der Waals surface area contributed by atoms with E-state index in [9.17, 15) is 9.59 Å². The molecule has 0 fully saturated rings. The Kier molecular flexibility index (Phi) is 5.23. The highest BCUT2D eigenvalue weighted by atomic mass is 35.5. The van der Waals surface area contributed by atoms with Gasteiger partial charge in [-0.1, -0.05) is 53.6 Å². The number of methoxy groups -OCH3 is 1. The van der Waals surface area contributed by atoms with E-state index in [1.165, 1.54) is 7.11 Å². The minimum atomic E-state index is -0.425. The maximum atomic E-state index is 13.5. The molecule has 164 valence electrons. The summed E-state index contributed by atoms with van der Waals surface area (Å²) in [6.45, 7) is 2.00. The Morgan fingerprint density at radius 1 is 1.00 bits per heavy atom. The molecule has 7 heteroatoms. The molecular weight excluding hydrogens is 438 g/mol. The molecule has 0 saturated heterocycles. The standard InChI is InChI=1S/C26H20ClN3O3/c1-15-3-13-20(14-4-15)30-24(17-5-7-18(8-6-17)26(32)33-2)21-22(28-29-23(21)25(30)31)16-9-11-19(27)12-10-16/h3-14,24H,1-2H3,(H,28,29). The number of anilines is 1. The van der Waals surface area contributed by atoms with E-state index >= 15 is 0 Å². The number of nitrogens with zero attached hydrogens (tertiary/aromatic N) is 2. The number of benzene rings is 3. The summed E-state index contributed by atoms with van der Waals surface area (Å²) in [5.41, 5.74) is 5.95. The van der Waals surface area contributed by atoms with Crippen molar-refractivity contribution in [3.05, 3.63) is 106 Å². The molecule has 0 spiro atoms. The molecule has 0 radical (unpaired) electrons. The fourth-order valence-electron chi connectivity index (χ4n) is 4.18. The first-order valence-electron chi connectivity index (χ1n) is 10.4. The van der Waals surface area contributed by atoms with Crippen LogP contribution in [0.2, 0.25) is 5.02 Å². The number of ether oxygens (including phenoxy) is 1. The van der Waals surface area contributed by atoms with Crippen LogP contribution in [0.3, 0.4) is 0 Å². The molecule has 2 heterocycles. The van der Waals surface area contributed by atoms with Gasteiger partial charge >= 0.3 is 5.97 Å². The van der Waals surface area contributed by atoms with Crippen LogP contribution in [-0.2, 0) is 4.74 Å². The van der Waals surface area contributed by atoms with E-state index in [1.807, 2.05) is 55.5 Å². The molecule has 1 unspecified atom stereocenters. The quantitative estimate of drug-likeness (QED) is 0.406. The Bertz CT molecular complexity index is 1340. The van der Waals surface area contributed by atoms with Crippen LogP contribution in [0, 0.1) is 6.92 Å². The average molecular weight is 458 g/mol. The maximum absolute atomic E-state index is 13.5. The second-order valence-corrected chi connectivity index (χ2v) is 8.33. The van der Waals surface area contributed by atoms with Crippen molar-refractivity contribution in [2.24, 2.45) is 0 Å². The van der Waals surface area contributed by atoms with E-state index < -0.39 is 12.0 Å². The van der Waals surface area contributed by atoms with E-state index in [0.717, 1.165) is 27.9 Å². The van der Waals surface area contributed by atoms with Crippen LogP contribution in [0.15, 0.2) is 72.8 Å². The minimum absolute atomic E-state index is 0.163. The number of aromatic nitrogens is 2. The highest BCUT2D eigenvalue weighted by molar-refractivity contribution is 6.30. The number of hydrogen-bond acceptors (Lipinski definition) is 4. The highest BCUT2D eigenvalue weighted by Crippen LogP contribution is 2.45. The summed E-state index contributed by atoms with van der Waals surface area (Å²) in [4.78, 5) is 27.2. The van der Waals surface area contributed by atoms with Gasteiger partial charge in [0.05, 0.1) is 24.4 Å². The van der Waals surface area contributed by atoms with E-state index in [2.05, 4.69) is 10.2 Å². The number of aryl methyl sites for hydroxylation is 1. The Morgan fingerprint density at radius 2 is 1.67 bits per heavy atom. The molecule has 3 aromatic carbocycles. The second-order valence-electron chi connectivity index (χ2n) is 7.89. The lowest BCUT2D eigenvalue weighted by molar-refractivity contribution is 0.0600. The lowest BCUT2D eigenvalue weighted by Crippen LogP contribution is -2.29. The zero-order valence-corrected chi connectivity index (χ0v) is 18.8. The van der Waals surface area contributed by atoms with Crippen LogP contribution in [0.25, 0.3) is 11.3 Å². The van der Waals surface area contributed by atoms with Gasteiger partial charge in [0, 0.05) is 21.8 Å². The number of esters is 1. The first kappa shape index (κ1) is 21.0. The van der Waals surface area contributed by atoms with Gasteiger partial charge < -0.3 is 4.74 Å². The third-order valence-electron chi connectivity index (χ3n) is 5.85. The van der Waals surface area contributed by atoms with Gasteiger partial charge in [0.2, 0.25) is 0 Å². The third kappa shape index (κ3) is 3.58. The number of fused-ring (bicyclic) bond motifs is 1. The molecule has 6 nitrogen and oxygen atoms in total. The molecule has 1 aromatic heterocycles. The van der Waals surface area contributed by atoms with Crippen LogP contribution < -0.4 is 4.90 Å². The lowest BCUT2D eigenvalue weighted by atomic mass is 9.95. The summed E-state index contributed by atoms with van der Waals surface area (Å²) < 4.78 is 4.82. The zero-order chi connectivity index (χ0) is 23.1. The minimum Gasteiger partial charge on any atom is -0.465 e. The molecule has 1 aliphatic rings. The molecule has 1 amide bonds. The Labute approximate surface area is 195 Å². The van der Waals surface area contributed by atoms with Crippen LogP contribution in [0.4, 0.5) is 5.69 Å². The molecule has 5 rings (SSSR count). The monoisotopic (exact) mass is 457 g/mol. The maximum Gasteiger partial charge on any atom is 0.337 e. The summed E-state index contributed by atoms with van der Waals surface area (Å²) in [5, 5.41) is 8.05. The first-order chi connectivity index (χ1) is 16.0. The van der Waals surface area contributed by atoms with E-state index in [-0.39, 0.29) is 5.91 Å². The van der Waals surface area contributed by atoms with E-state index in [1.54, 1.807) is 29.2 Å². The van der Waals surface area contributed by atoms with Gasteiger partial charge in [-0.15, -0.1) is 0 Å². The van der Waals surface area contributed by atoms with Crippen molar-refractivity contribution in [1.82, 2.24) is 10.2 Å². The van der Waals surface area contributed by atoms with Crippen molar-refractivity contribution in [3.8, 4) is 11.3 Å². The van der Waals surface area contributed by atoms with E-state index in [0.29, 0.717) is 22.0 Å². The first-order valence-corrected chi connectivity index (χ1v) is 10.8. The summed E-state index contributed by atoms with van der Waals surface area (Å²) in [6, 6.07) is 21.9. The second kappa shape index (κ2) is 8.22. The third-order valence-corrected chi connectivity index (χ3v) is 6.10. The number of carbonyl (C=O) groups is 2. The van der Waals surface area contributed by atoms with Crippen molar-refractivity contribution < 1.29 is 14.3 Å². The molecular formula is C26H20ClN3O3. The highest BCUT2D eigenvalue weighted by Gasteiger charge is 2.43. The van der Waals surface area contributed by atoms with Gasteiger partial charge in [-0.05, 0) is 48.9 Å². The number of H-pyrrole nitrogens is 1. The number of carbonyl (C=O) groups excluding carboxylic acids is 2. The number of amides is 1. The molecule has 1 N–H and O–H groups in total. The van der Waals surface area contributed by atoms with Crippen molar-refractivity contribution in [3.63, 3.8) is 0 Å². The summed E-state index contributed by atoms with van der Waals surface area (Å²) in [5.74, 6) is -0.575. The fourth-order valence-corrected chi connectivity index (χ4v) is 4.31. The van der Waals surface area contributed by atoms with Crippen molar-refractivity contribution in [2.75, 3.05) is 12.0 Å². The molecule has 4 aromatic rings. The molecule has 1 aliphatic heterocycles. The largest absolute Gasteiger partial charge is 0.465 e. The molecule has 0 aliphatic carbocycles. The smallest absolute Gasteiger partial charge is 0.337 e. The number of halogens is 1. The van der Waals surface area contributed by atoms with Crippen LogP contribution in [-0.4, -0.2) is 29.2 Å². The molecule has 1 atom stereocenters. The summed E-state index contributed by atoms with van der Waals surface area (Å²) >= 11 is 6.08. The number of rotatable bonds is 4. The van der Waals surface area contributed by atoms with Gasteiger partial charge in [-0.3, -0.25) is 14.8 Å². The Balaban J connectivity index is 1.68. The normalized spacial score (nSPS) is 14.9. The van der Waals surface area contributed by atoms with Crippen LogP contribution >= 0.6 is 11.6 Å². The summed E-state index contributed by atoms with van der Waals surface area (Å²) in [7, 11) is 1.35. The summed E-state index contributed by atoms with van der Waals surface area (Å²) in [6.07, 6.45) is 0. The van der Waals surface area contributed by atoms with Gasteiger partial charge in [0.25, 0.3) is 5.91 Å². The predicted molar refractivity (Wildman–Crippen MR) is 127 cm³/mol. The molecule has 0 bridgehead atoms. The van der Waals surface area contributed by atoms with Crippen molar-refractivity contribution in [1.29, 1.82) is 0 Å². The van der Waals surface area contributed by atoms with Crippen LogP contribution in [0.1, 0.15) is 43.6 Å². The van der Waals surface area contributed by atoms with Gasteiger partial charge in [0.15, 0.2) is 0 Å². The van der Waals surface area contributed by atoms with Gasteiger partial charge in [-0.25, -0.2) is 4.79 Å². The number of aromatic amines is 1. The SMILES string of the molecule is COC(=O)c1ccc(C2c3c(-c4ccc(Cl)cc4)n[nH]c3C(=O)N2c2ccc(C)cc2)cc1. The van der Waals surface area contributed by atoms with Crippen LogP contribution in [0.5, 0.6) is 0 Å². The number of hydrogen-bond donors (Lipinski definition) is 1. The molecule has 0 saturated carbocycles. The van der Waals surface area contributed by atoms with E-state index in [4.69, 9.17) is 16.3 Å². The Morgan fingerprint density at radius 3 is 2.30 bits per heavy atom. The van der Waals surface area contributed by atoms with Crippen molar-refractivity contribution >= 4 is 29.2 Å². The molecule has 33 heavy (non-hydrogen) atoms. The zero-order valence-electron chi connectivity index (χ0n) is 18.0. The fraction of sp³-hybridized carbons (Fsp3) is 0.115. The van der Waals surface area contributed by atoms with Gasteiger partial charge in [0.1, 0.15) is 5.69 Å². The lowest BCUT2D eigenvalue weighted by Gasteiger charge is -2.26. The predicted octanol–water partition coefficient (Wildman–Crippen LogP) is 5.57. The van der Waals surface area contributed by atoms with Gasteiger partial charge in [-0.2, -0.15) is 5.10 Å². The van der Waals surface area contributed by atoms with Crippen molar-refractivity contribution in [2.45, 2.75) is 13.0 Å².